The highest BCUT2D eigenvalue weighted by Gasteiger charge is 2.32. The lowest BCUT2D eigenvalue weighted by Crippen LogP contribution is -2.27. The van der Waals surface area contributed by atoms with Crippen LogP contribution in [-0.4, -0.2) is 104 Å². The van der Waals surface area contributed by atoms with Crippen molar-refractivity contribution in [2.24, 2.45) is 9.98 Å². The summed E-state index contributed by atoms with van der Waals surface area (Å²) in [6, 6.07) is 25.8. The van der Waals surface area contributed by atoms with Crippen LogP contribution < -0.4 is 25.4 Å². The molecule has 0 unspecified atom stereocenters. The van der Waals surface area contributed by atoms with Gasteiger partial charge < -0.3 is 25.4 Å². The van der Waals surface area contributed by atoms with Gasteiger partial charge in [0.05, 0.1) is 49.9 Å². The number of aliphatic imine (C=N–C) groups is 2. The second kappa shape index (κ2) is 24.5. The summed E-state index contributed by atoms with van der Waals surface area (Å²) in [7, 11) is 3.24. The summed E-state index contributed by atoms with van der Waals surface area (Å²) in [5.74, 6) is 4.27. The molecule has 0 saturated carbocycles. The number of rotatable bonds is 23. The minimum Gasteiger partial charge on any atom is -0.497 e. The summed E-state index contributed by atoms with van der Waals surface area (Å²) in [6.45, 7) is 7.06. The SMILES string of the molecule is CCNC(=O)C[C@@H]1N=C(c2ccc(SCCC(=O)NCCCCCC(=O)CCCNC(=O)C[C@@H]3N=C(c4ccc(Cl)cc4)c4cc(OC)ccc4-n4c(C)nnc43)cc2)c2cc(OC)ccc2-n2c(C)nnc21. The summed E-state index contributed by atoms with van der Waals surface area (Å²) in [6.07, 6.45) is 4.21. The number of carbonyl (C=O) groups is 4. The van der Waals surface area contributed by atoms with Crippen molar-refractivity contribution in [2.45, 2.75) is 95.5 Å². The third kappa shape index (κ3) is 12.7. The fourth-order valence-corrected chi connectivity index (χ4v) is 9.97. The van der Waals surface area contributed by atoms with Crippen LogP contribution in [0.1, 0.15) is 122 Å². The zero-order chi connectivity index (χ0) is 51.4. The molecule has 0 spiro atoms. The van der Waals surface area contributed by atoms with Gasteiger partial charge in [-0.3, -0.25) is 38.3 Å². The monoisotopic (exact) mass is 1030 g/mol. The molecule has 2 aliphatic rings. The number of hydrogen-bond donors (Lipinski definition) is 3. The standard InChI is InChI=1S/C54H60ClN11O6S/c1-6-56-49(69)31-44-53-63-61-33(2)65(53)47-24-20-40(72-5)30-43(47)52(59-44)36-15-21-41(22-16-36)73-28-25-48(68)57-26-9-7-8-11-38(67)12-10-27-58-50(70)32-45-54-64-62-34(3)66(54)46-23-19-39(71-4)29-42(46)51(60-45)35-13-17-37(55)18-14-35/h13-24,29-30,44-45H,6-12,25-28,31-32H2,1-5H3,(H,56,69)(H,57,68)(H,58,70)/t44-,45-/m0/s1. The molecule has 6 aromatic rings. The molecule has 73 heavy (non-hydrogen) atoms. The van der Waals surface area contributed by atoms with Crippen molar-refractivity contribution in [1.29, 1.82) is 0 Å². The number of ether oxygens (including phenoxy) is 2. The predicted molar refractivity (Wildman–Crippen MR) is 282 cm³/mol. The molecule has 3 amide bonds. The molecule has 4 heterocycles. The summed E-state index contributed by atoms with van der Waals surface area (Å²) in [5, 5.41) is 27.1. The smallest absolute Gasteiger partial charge is 0.222 e. The topological polar surface area (TPSA) is 209 Å². The van der Waals surface area contributed by atoms with E-state index >= 15 is 0 Å². The van der Waals surface area contributed by atoms with Crippen LogP contribution >= 0.6 is 23.4 Å². The highest BCUT2D eigenvalue weighted by atomic mass is 35.5. The molecule has 0 bridgehead atoms. The maximum Gasteiger partial charge on any atom is 0.222 e. The summed E-state index contributed by atoms with van der Waals surface area (Å²) in [4.78, 5) is 62.9. The first-order valence-electron chi connectivity index (χ1n) is 24.6. The van der Waals surface area contributed by atoms with Crippen LogP contribution in [-0.2, 0) is 19.2 Å². The number of hydrogen-bond acceptors (Lipinski definition) is 13. The molecule has 8 rings (SSSR count). The van der Waals surface area contributed by atoms with Gasteiger partial charge in [0.15, 0.2) is 11.6 Å². The largest absolute Gasteiger partial charge is 0.497 e. The predicted octanol–water partition coefficient (Wildman–Crippen LogP) is 8.16. The van der Waals surface area contributed by atoms with Crippen molar-refractivity contribution in [3.63, 3.8) is 0 Å². The number of aromatic nitrogens is 6. The minimum absolute atomic E-state index is 0.0170. The van der Waals surface area contributed by atoms with Gasteiger partial charge in [0.25, 0.3) is 0 Å². The first-order valence-corrected chi connectivity index (χ1v) is 26.0. The molecule has 2 aliphatic heterocycles. The van der Waals surface area contributed by atoms with Gasteiger partial charge in [0, 0.05) is 76.8 Å². The Morgan fingerprint density at radius 1 is 0.603 bits per heavy atom. The summed E-state index contributed by atoms with van der Waals surface area (Å²) in [5.41, 5.74) is 6.45. The molecule has 0 fully saturated rings. The number of fused-ring (bicyclic) bond motifs is 6. The fraction of sp³-hybridized carbons (Fsp3) is 0.370. The Labute approximate surface area is 434 Å². The Bertz CT molecular complexity index is 3020. The third-order valence-corrected chi connectivity index (χ3v) is 13.9. The van der Waals surface area contributed by atoms with Crippen LogP contribution in [0.4, 0.5) is 0 Å². The fourth-order valence-electron chi connectivity index (χ4n) is 8.99. The molecule has 3 N–H and O–H groups in total. The van der Waals surface area contributed by atoms with E-state index in [1.807, 2.05) is 115 Å². The average Bonchev–Trinajstić information content (AvgIpc) is 3.90. The first kappa shape index (κ1) is 52.2. The normalized spacial score (nSPS) is 14.5. The van der Waals surface area contributed by atoms with Crippen LogP contribution in [0.25, 0.3) is 11.4 Å². The zero-order valence-electron chi connectivity index (χ0n) is 41.7. The lowest BCUT2D eigenvalue weighted by Gasteiger charge is -2.14. The highest BCUT2D eigenvalue weighted by Crippen LogP contribution is 2.37. The molecule has 17 nitrogen and oxygen atoms in total. The minimum atomic E-state index is -0.626. The van der Waals surface area contributed by atoms with E-state index in [1.54, 1.807) is 26.0 Å². The Kier molecular flexibility index (Phi) is 17.5. The van der Waals surface area contributed by atoms with Gasteiger partial charge in [0.1, 0.15) is 41.0 Å². The molecule has 19 heteroatoms. The van der Waals surface area contributed by atoms with E-state index in [4.69, 9.17) is 31.1 Å². The van der Waals surface area contributed by atoms with Gasteiger partial charge in [-0.2, -0.15) is 0 Å². The Morgan fingerprint density at radius 3 is 1.66 bits per heavy atom. The molecule has 0 radical (unpaired) electrons. The first-order chi connectivity index (χ1) is 35.4. The summed E-state index contributed by atoms with van der Waals surface area (Å²) >= 11 is 7.83. The van der Waals surface area contributed by atoms with Gasteiger partial charge in [-0.05, 0) is 101 Å². The van der Waals surface area contributed by atoms with Crippen LogP contribution in [0.2, 0.25) is 5.02 Å². The van der Waals surface area contributed by atoms with E-state index < -0.39 is 12.1 Å². The lowest BCUT2D eigenvalue weighted by molar-refractivity contribution is -0.122. The second-order valence-corrected chi connectivity index (χ2v) is 19.4. The lowest BCUT2D eigenvalue weighted by atomic mass is 10.00. The molecular weight excluding hydrogens is 966 g/mol. The second-order valence-electron chi connectivity index (χ2n) is 17.8. The Hall–Kier alpha value is -7.18. The Balaban J connectivity index is 0.744. The van der Waals surface area contributed by atoms with Gasteiger partial charge in [0.2, 0.25) is 17.7 Å². The number of methoxy groups -OCH3 is 2. The van der Waals surface area contributed by atoms with Crippen molar-refractivity contribution < 1.29 is 28.7 Å². The molecule has 2 aromatic heterocycles. The van der Waals surface area contributed by atoms with Crippen LogP contribution in [0.5, 0.6) is 11.5 Å². The quantitative estimate of drug-likeness (QED) is 0.0412. The Morgan fingerprint density at radius 2 is 1.11 bits per heavy atom. The molecule has 2 atom stereocenters. The number of amides is 3. The van der Waals surface area contributed by atoms with Crippen molar-refractivity contribution in [3.8, 4) is 22.9 Å². The van der Waals surface area contributed by atoms with Crippen molar-refractivity contribution in [1.82, 2.24) is 45.5 Å². The maximum atomic E-state index is 13.4. The highest BCUT2D eigenvalue weighted by molar-refractivity contribution is 7.99. The van der Waals surface area contributed by atoms with Crippen LogP contribution in [0.3, 0.4) is 0 Å². The third-order valence-electron chi connectivity index (χ3n) is 12.6. The van der Waals surface area contributed by atoms with Gasteiger partial charge >= 0.3 is 0 Å². The van der Waals surface area contributed by atoms with Crippen molar-refractivity contribution in [3.05, 3.63) is 136 Å². The van der Waals surface area contributed by atoms with Crippen LogP contribution in [0.15, 0.2) is 99.8 Å². The number of thioether (sulfide) groups is 1. The van der Waals surface area contributed by atoms with Crippen LogP contribution in [0, 0.1) is 13.8 Å². The number of aryl methyl sites for hydroxylation is 2. The number of unbranched alkanes of at least 4 members (excludes halogenated alkanes) is 2. The van der Waals surface area contributed by atoms with Gasteiger partial charge in [-0.25, -0.2) is 0 Å². The molecule has 0 saturated heterocycles. The molecule has 380 valence electrons. The van der Waals surface area contributed by atoms with E-state index in [9.17, 15) is 19.2 Å². The molecule has 0 aliphatic carbocycles. The van der Waals surface area contributed by atoms with E-state index in [-0.39, 0.29) is 36.3 Å². The molecule has 4 aromatic carbocycles. The number of nitrogens with zero attached hydrogens (tertiary/aromatic N) is 8. The maximum absolute atomic E-state index is 13.4. The van der Waals surface area contributed by atoms with E-state index in [0.717, 1.165) is 63.5 Å². The van der Waals surface area contributed by atoms with Crippen molar-refractivity contribution >= 4 is 58.3 Å². The van der Waals surface area contributed by atoms with Gasteiger partial charge in [-0.15, -0.1) is 32.2 Å². The van der Waals surface area contributed by atoms with E-state index in [1.165, 1.54) is 0 Å². The van der Waals surface area contributed by atoms with Gasteiger partial charge in [-0.1, -0.05) is 42.3 Å². The molecular formula is C54H60ClN11O6S. The summed E-state index contributed by atoms with van der Waals surface area (Å²) < 4.78 is 15.1. The van der Waals surface area contributed by atoms with E-state index in [2.05, 4.69) is 36.3 Å². The number of halogens is 1. The van der Waals surface area contributed by atoms with Crippen molar-refractivity contribution in [2.75, 3.05) is 39.6 Å². The number of carbonyl (C=O) groups excluding carboxylic acids is 4. The average molecular weight is 1030 g/mol. The zero-order valence-corrected chi connectivity index (χ0v) is 43.3. The number of nitrogens with one attached hydrogen (secondary N) is 3. The number of ketones is 1. The van der Waals surface area contributed by atoms with E-state index in [0.29, 0.717) is 96.6 Å². The number of Topliss-reactive ketones (excluding diaryl/α,β-unsaturated/α-hetero) is 1. The number of benzene rings is 4.